The molecule has 0 saturated carbocycles. The Labute approximate surface area is 266 Å². The molecule has 0 fully saturated rings. The van der Waals surface area contributed by atoms with Crippen LogP contribution in [0.3, 0.4) is 0 Å². The minimum atomic E-state index is -0.259. The molecular formula is C28H22Cl5N7O2. The first kappa shape index (κ1) is 32.9. The third-order valence-electron chi connectivity index (χ3n) is 5.54. The fraction of sp³-hybridized carbons (Fsp3) is 0.143. The van der Waals surface area contributed by atoms with Gasteiger partial charge in [0.25, 0.3) is 11.8 Å². The van der Waals surface area contributed by atoms with Gasteiger partial charge in [-0.25, -0.2) is 4.98 Å². The van der Waals surface area contributed by atoms with Crippen LogP contribution in [0.2, 0.25) is 25.2 Å². The summed E-state index contributed by atoms with van der Waals surface area (Å²) in [6, 6.07) is 16.8. The molecule has 2 aromatic carbocycles. The molecule has 0 aliphatic heterocycles. The van der Waals surface area contributed by atoms with Gasteiger partial charge >= 0.3 is 0 Å². The number of aromatic nitrogens is 2. The summed E-state index contributed by atoms with van der Waals surface area (Å²) in [7, 11) is 0. The van der Waals surface area contributed by atoms with E-state index in [1.165, 1.54) is 18.5 Å². The van der Waals surface area contributed by atoms with Gasteiger partial charge in [0, 0.05) is 50.5 Å². The monoisotopic (exact) mass is 663 g/mol. The standard InChI is InChI=1S/C14H11Cl3N2O.C14H11Cl2N5O/c15-11-3-1-9(12(16)7-11)5-6-18-14(20)10-2-4-13(17)19-8-10;15-11-3-1-9(12(16)7-11)5-6-18-14(22)10-2-4-13(19-8-10)20-21-17/h1-4,7-8H,5-6H2,(H,18,20);1-4,7-8H,5-6H2,(H,18,22). The van der Waals surface area contributed by atoms with Crippen molar-refractivity contribution < 1.29 is 9.59 Å². The molecule has 42 heavy (non-hydrogen) atoms. The molecule has 0 unspecified atom stereocenters. The molecule has 14 heteroatoms. The Bertz CT molecular complexity index is 1580. The van der Waals surface area contributed by atoms with Gasteiger partial charge in [-0.1, -0.05) is 70.1 Å². The second-order valence-electron chi connectivity index (χ2n) is 8.45. The van der Waals surface area contributed by atoms with Crippen molar-refractivity contribution in [2.24, 2.45) is 5.11 Å². The number of carbonyl (C=O) groups is 2. The topological polar surface area (TPSA) is 133 Å². The van der Waals surface area contributed by atoms with E-state index in [0.717, 1.165) is 11.1 Å². The van der Waals surface area contributed by atoms with Crippen LogP contribution in [0.1, 0.15) is 31.8 Å². The Hall–Kier alpha value is -3.56. The van der Waals surface area contributed by atoms with Crippen LogP contribution in [0.15, 0.2) is 78.2 Å². The number of nitrogens with one attached hydrogen (secondary N) is 2. The first-order chi connectivity index (χ1) is 20.2. The zero-order valence-corrected chi connectivity index (χ0v) is 25.5. The van der Waals surface area contributed by atoms with Crippen molar-refractivity contribution in [1.82, 2.24) is 20.6 Å². The van der Waals surface area contributed by atoms with Crippen molar-refractivity contribution >= 4 is 75.6 Å². The third-order valence-corrected chi connectivity index (χ3v) is 6.93. The van der Waals surface area contributed by atoms with Crippen molar-refractivity contribution in [3.8, 4) is 0 Å². The van der Waals surface area contributed by atoms with Crippen molar-refractivity contribution in [3.63, 3.8) is 0 Å². The number of pyridine rings is 2. The van der Waals surface area contributed by atoms with Gasteiger partial charge in [-0.3, -0.25) is 14.6 Å². The Balaban J connectivity index is 0.000000231. The SMILES string of the molecule is O=C(NCCc1ccc(Cl)cc1Cl)c1ccc(Cl)nc1.[N-]=[N+]=Nc1ccc(C(=O)NCCc2ccc(Cl)cc2Cl)cn1. The van der Waals surface area contributed by atoms with Crippen LogP contribution >= 0.6 is 58.0 Å². The molecule has 0 saturated heterocycles. The molecule has 0 bridgehead atoms. The minimum Gasteiger partial charge on any atom is -0.352 e. The summed E-state index contributed by atoms with van der Waals surface area (Å²) in [5.74, 6) is -0.240. The number of hydrogen-bond acceptors (Lipinski definition) is 5. The molecule has 2 N–H and O–H groups in total. The van der Waals surface area contributed by atoms with Crippen LogP contribution in [-0.4, -0.2) is 34.9 Å². The number of rotatable bonds is 9. The molecule has 0 spiro atoms. The van der Waals surface area contributed by atoms with E-state index in [1.807, 2.05) is 12.1 Å². The summed E-state index contributed by atoms with van der Waals surface area (Å²) in [6.07, 6.45) is 4.01. The fourth-order valence-electron chi connectivity index (χ4n) is 3.41. The van der Waals surface area contributed by atoms with E-state index in [1.54, 1.807) is 42.5 Å². The van der Waals surface area contributed by atoms with Crippen LogP contribution in [0.5, 0.6) is 0 Å². The number of nitrogens with zero attached hydrogens (tertiary/aromatic N) is 5. The van der Waals surface area contributed by atoms with Crippen LogP contribution < -0.4 is 10.6 Å². The Morgan fingerprint density at radius 1 is 0.714 bits per heavy atom. The molecule has 2 heterocycles. The second kappa shape index (κ2) is 16.8. The molecule has 0 atom stereocenters. The van der Waals surface area contributed by atoms with Gasteiger partial charge in [0.1, 0.15) is 11.0 Å². The van der Waals surface area contributed by atoms with Crippen LogP contribution in [-0.2, 0) is 12.8 Å². The van der Waals surface area contributed by atoms with Crippen LogP contribution in [0, 0.1) is 0 Å². The molecule has 4 rings (SSSR count). The van der Waals surface area contributed by atoms with Gasteiger partial charge in [0.05, 0.1) is 11.1 Å². The highest BCUT2D eigenvalue weighted by atomic mass is 35.5. The van der Waals surface area contributed by atoms with Gasteiger partial charge < -0.3 is 10.6 Å². The van der Waals surface area contributed by atoms with Crippen LogP contribution in [0.25, 0.3) is 10.4 Å². The van der Waals surface area contributed by atoms with E-state index in [9.17, 15) is 9.59 Å². The maximum absolute atomic E-state index is 11.9. The van der Waals surface area contributed by atoms with E-state index in [2.05, 4.69) is 30.6 Å². The molecule has 0 aliphatic carbocycles. The lowest BCUT2D eigenvalue weighted by molar-refractivity contribution is 0.0945. The molecule has 4 aromatic rings. The lowest BCUT2D eigenvalue weighted by Crippen LogP contribution is -2.25. The highest BCUT2D eigenvalue weighted by molar-refractivity contribution is 6.35. The van der Waals surface area contributed by atoms with Crippen molar-refractivity contribution in [3.05, 3.63) is 131 Å². The molecule has 2 aromatic heterocycles. The summed E-state index contributed by atoms with van der Waals surface area (Å²) in [6.45, 7) is 0.904. The quantitative estimate of drug-likeness (QED) is 0.0805. The van der Waals surface area contributed by atoms with Crippen molar-refractivity contribution in [2.75, 3.05) is 13.1 Å². The number of halogens is 5. The predicted octanol–water partition coefficient (Wildman–Crippen LogP) is 8.32. The van der Waals surface area contributed by atoms with Gasteiger partial charge in [-0.2, -0.15) is 0 Å². The van der Waals surface area contributed by atoms with Crippen molar-refractivity contribution in [2.45, 2.75) is 12.8 Å². The second-order valence-corrected chi connectivity index (χ2v) is 10.5. The minimum absolute atomic E-state index is 0.195. The normalized spacial score (nSPS) is 10.1. The maximum Gasteiger partial charge on any atom is 0.252 e. The first-order valence-electron chi connectivity index (χ1n) is 12.2. The first-order valence-corrected chi connectivity index (χ1v) is 14.1. The molecule has 216 valence electrons. The molecule has 0 radical (unpaired) electrons. The number of carbonyl (C=O) groups excluding carboxylic acids is 2. The highest BCUT2D eigenvalue weighted by Gasteiger charge is 2.08. The van der Waals surface area contributed by atoms with E-state index in [4.69, 9.17) is 63.5 Å². The Kier molecular flexibility index (Phi) is 13.2. The van der Waals surface area contributed by atoms with E-state index < -0.39 is 0 Å². The lowest BCUT2D eigenvalue weighted by Gasteiger charge is -2.07. The summed E-state index contributed by atoms with van der Waals surface area (Å²) in [5.41, 5.74) is 11.0. The van der Waals surface area contributed by atoms with Gasteiger partial charge in [-0.05, 0) is 83.1 Å². The average Bonchev–Trinajstić information content (AvgIpc) is 2.96. The Morgan fingerprint density at radius 2 is 1.21 bits per heavy atom. The average molecular weight is 666 g/mol. The van der Waals surface area contributed by atoms with Crippen molar-refractivity contribution in [1.29, 1.82) is 0 Å². The summed E-state index contributed by atoms with van der Waals surface area (Å²) < 4.78 is 0. The molecular weight excluding hydrogens is 644 g/mol. The fourth-order valence-corrected chi connectivity index (χ4v) is 4.53. The molecule has 2 amide bonds. The highest BCUT2D eigenvalue weighted by Crippen LogP contribution is 2.22. The smallest absolute Gasteiger partial charge is 0.252 e. The van der Waals surface area contributed by atoms with Crippen LogP contribution in [0.4, 0.5) is 5.82 Å². The summed E-state index contributed by atoms with van der Waals surface area (Å²) in [5, 5.41) is 11.6. The largest absolute Gasteiger partial charge is 0.352 e. The molecule has 9 nitrogen and oxygen atoms in total. The van der Waals surface area contributed by atoms with E-state index in [-0.39, 0.29) is 17.6 Å². The maximum atomic E-state index is 11.9. The van der Waals surface area contributed by atoms with E-state index >= 15 is 0 Å². The summed E-state index contributed by atoms with van der Waals surface area (Å²) >= 11 is 29.4. The molecule has 0 aliphatic rings. The predicted molar refractivity (Wildman–Crippen MR) is 167 cm³/mol. The third kappa shape index (κ3) is 10.7. The zero-order chi connectivity index (χ0) is 30.5. The summed E-state index contributed by atoms with van der Waals surface area (Å²) in [4.78, 5) is 34.1. The van der Waals surface area contributed by atoms with E-state index in [0.29, 0.717) is 62.3 Å². The number of hydrogen-bond donors (Lipinski definition) is 2. The van der Waals surface area contributed by atoms with Gasteiger partial charge in [0.15, 0.2) is 0 Å². The van der Waals surface area contributed by atoms with Gasteiger partial charge in [0.2, 0.25) is 0 Å². The van der Waals surface area contributed by atoms with Gasteiger partial charge in [-0.15, -0.1) is 0 Å². The number of azide groups is 1. The number of benzene rings is 2. The zero-order valence-electron chi connectivity index (χ0n) is 21.7. The Morgan fingerprint density at radius 3 is 1.62 bits per heavy atom. The number of amides is 2. The lowest BCUT2D eigenvalue weighted by atomic mass is 10.1.